The van der Waals surface area contributed by atoms with Gasteiger partial charge in [-0.05, 0) is 41.3 Å². The molecule has 0 aliphatic heterocycles. The number of halogens is 3. The summed E-state index contributed by atoms with van der Waals surface area (Å²) in [5.74, 6) is -0.692. The van der Waals surface area contributed by atoms with E-state index in [1.54, 1.807) is 12.1 Å². The predicted octanol–water partition coefficient (Wildman–Crippen LogP) is 5.81. The fourth-order valence-corrected chi connectivity index (χ4v) is 4.59. The third kappa shape index (κ3) is 3.22. The van der Waals surface area contributed by atoms with Crippen LogP contribution in [0.5, 0.6) is 0 Å². The van der Waals surface area contributed by atoms with E-state index in [4.69, 9.17) is 5.73 Å². The fraction of sp³-hybridized carbons (Fsp3) is 0.0526. The minimum atomic E-state index is -4.47. The molecule has 27 heavy (non-hydrogen) atoms. The van der Waals surface area contributed by atoms with Gasteiger partial charge in [-0.2, -0.15) is 13.2 Å². The number of pyridine rings is 1. The van der Waals surface area contributed by atoms with Gasteiger partial charge in [-0.1, -0.05) is 18.2 Å². The molecule has 0 atom stereocenters. The first kappa shape index (κ1) is 17.7. The second kappa shape index (κ2) is 6.47. The van der Waals surface area contributed by atoms with E-state index in [2.05, 4.69) is 4.98 Å². The first-order chi connectivity index (χ1) is 12.8. The Morgan fingerprint density at radius 3 is 2.56 bits per heavy atom. The van der Waals surface area contributed by atoms with Crippen molar-refractivity contribution in [2.75, 3.05) is 0 Å². The summed E-state index contributed by atoms with van der Waals surface area (Å²) in [5.41, 5.74) is 6.13. The van der Waals surface area contributed by atoms with Crippen LogP contribution in [0.25, 0.3) is 31.9 Å². The summed E-state index contributed by atoms with van der Waals surface area (Å²) in [6, 6.07) is 12.3. The summed E-state index contributed by atoms with van der Waals surface area (Å²) in [6.07, 6.45) is -4.47. The van der Waals surface area contributed by atoms with Crippen molar-refractivity contribution in [2.24, 2.45) is 5.73 Å². The summed E-state index contributed by atoms with van der Waals surface area (Å²) in [4.78, 5) is 18.2. The van der Waals surface area contributed by atoms with Gasteiger partial charge in [0.15, 0.2) is 0 Å². The van der Waals surface area contributed by atoms with E-state index < -0.39 is 17.6 Å². The van der Waals surface area contributed by atoms with Crippen LogP contribution in [0.3, 0.4) is 0 Å². The van der Waals surface area contributed by atoms with Crippen LogP contribution in [0.15, 0.2) is 53.9 Å². The minimum absolute atomic E-state index is 0.195. The molecule has 3 nitrogen and oxygen atoms in total. The van der Waals surface area contributed by atoms with Crippen LogP contribution < -0.4 is 5.73 Å². The molecule has 0 saturated heterocycles. The number of thiophene rings is 2. The number of aromatic nitrogens is 1. The number of fused-ring (bicyclic) bond motifs is 1. The van der Waals surface area contributed by atoms with Gasteiger partial charge in [-0.25, -0.2) is 4.98 Å². The molecule has 0 radical (unpaired) electrons. The zero-order valence-electron chi connectivity index (χ0n) is 13.6. The Balaban J connectivity index is 1.94. The molecule has 1 amide bonds. The van der Waals surface area contributed by atoms with Crippen molar-refractivity contribution in [1.29, 1.82) is 0 Å². The molecule has 0 aliphatic rings. The number of hydrogen-bond donors (Lipinski definition) is 1. The van der Waals surface area contributed by atoms with Crippen LogP contribution in [0.2, 0.25) is 0 Å². The molecule has 2 N–H and O–H groups in total. The average Bonchev–Trinajstić information content (AvgIpc) is 3.28. The van der Waals surface area contributed by atoms with Crippen molar-refractivity contribution in [2.45, 2.75) is 6.18 Å². The maximum Gasteiger partial charge on any atom is 0.416 e. The van der Waals surface area contributed by atoms with Crippen molar-refractivity contribution in [3.8, 4) is 21.7 Å². The molecule has 3 aromatic heterocycles. The van der Waals surface area contributed by atoms with Crippen LogP contribution in [0.1, 0.15) is 15.2 Å². The van der Waals surface area contributed by atoms with Gasteiger partial charge in [0, 0.05) is 10.9 Å². The minimum Gasteiger partial charge on any atom is -0.365 e. The van der Waals surface area contributed by atoms with Gasteiger partial charge in [-0.3, -0.25) is 4.79 Å². The third-order valence-corrected chi connectivity index (χ3v) is 6.04. The van der Waals surface area contributed by atoms with Gasteiger partial charge in [0.25, 0.3) is 5.91 Å². The van der Waals surface area contributed by atoms with Crippen LogP contribution in [-0.2, 0) is 6.18 Å². The fourth-order valence-electron chi connectivity index (χ4n) is 2.85. The molecule has 1 aromatic carbocycles. The maximum atomic E-state index is 13.1. The number of carbonyl (C=O) groups excluding carboxylic acids is 1. The zero-order valence-corrected chi connectivity index (χ0v) is 15.2. The molecule has 8 heteroatoms. The molecule has 0 unspecified atom stereocenters. The third-order valence-electron chi connectivity index (χ3n) is 4.03. The van der Waals surface area contributed by atoms with E-state index in [1.165, 1.54) is 23.5 Å². The summed E-state index contributed by atoms with van der Waals surface area (Å²) >= 11 is 2.62. The smallest absolute Gasteiger partial charge is 0.365 e. The van der Waals surface area contributed by atoms with E-state index in [0.717, 1.165) is 34.0 Å². The number of carbonyl (C=O) groups is 1. The number of amides is 1. The summed E-state index contributed by atoms with van der Waals surface area (Å²) in [5, 5.41) is 2.53. The van der Waals surface area contributed by atoms with Crippen LogP contribution in [0.4, 0.5) is 13.2 Å². The Bertz CT molecular complexity index is 1150. The standard InChI is InChI=1S/C19H11F3N2OS2/c20-19(21,22)11-4-1-3-10(9-11)15-12-6-7-13(14-5-2-8-26-14)24-18(12)27-16(15)17(23)25/h1-9H,(H2,23,25). The van der Waals surface area contributed by atoms with Crippen molar-refractivity contribution in [1.82, 2.24) is 4.98 Å². The molecule has 0 saturated carbocycles. The lowest BCUT2D eigenvalue weighted by atomic mass is 10.00. The second-order valence-electron chi connectivity index (χ2n) is 5.78. The number of rotatable bonds is 3. The molecule has 4 rings (SSSR count). The lowest BCUT2D eigenvalue weighted by molar-refractivity contribution is -0.137. The summed E-state index contributed by atoms with van der Waals surface area (Å²) in [6.45, 7) is 0. The molecule has 4 aromatic rings. The lowest BCUT2D eigenvalue weighted by Crippen LogP contribution is -2.10. The Morgan fingerprint density at radius 2 is 1.89 bits per heavy atom. The van der Waals surface area contributed by atoms with E-state index in [-0.39, 0.29) is 10.4 Å². The second-order valence-corrected chi connectivity index (χ2v) is 7.72. The van der Waals surface area contributed by atoms with Gasteiger partial charge in [0.2, 0.25) is 0 Å². The first-order valence-electron chi connectivity index (χ1n) is 7.79. The lowest BCUT2D eigenvalue weighted by Gasteiger charge is -2.09. The predicted molar refractivity (Wildman–Crippen MR) is 102 cm³/mol. The number of alkyl halides is 3. The number of primary amides is 1. The van der Waals surface area contributed by atoms with Crippen molar-refractivity contribution < 1.29 is 18.0 Å². The van der Waals surface area contributed by atoms with Crippen molar-refractivity contribution >= 4 is 38.8 Å². The largest absolute Gasteiger partial charge is 0.416 e. The van der Waals surface area contributed by atoms with Gasteiger partial charge in [0.05, 0.1) is 16.1 Å². The Morgan fingerprint density at radius 1 is 1.07 bits per heavy atom. The highest BCUT2D eigenvalue weighted by molar-refractivity contribution is 7.21. The molecular formula is C19H11F3N2OS2. The van der Waals surface area contributed by atoms with Crippen LogP contribution in [0, 0.1) is 0 Å². The average molecular weight is 404 g/mol. The molecule has 0 fully saturated rings. The van der Waals surface area contributed by atoms with E-state index in [1.807, 2.05) is 17.5 Å². The highest BCUT2D eigenvalue weighted by Crippen LogP contribution is 2.41. The topological polar surface area (TPSA) is 56.0 Å². The Labute approximate surface area is 159 Å². The normalized spacial score (nSPS) is 11.8. The highest BCUT2D eigenvalue weighted by atomic mass is 32.1. The highest BCUT2D eigenvalue weighted by Gasteiger charge is 2.31. The summed E-state index contributed by atoms with van der Waals surface area (Å²) in [7, 11) is 0. The van der Waals surface area contributed by atoms with Gasteiger partial charge in [-0.15, -0.1) is 22.7 Å². The first-order valence-corrected chi connectivity index (χ1v) is 9.49. The van der Waals surface area contributed by atoms with Crippen LogP contribution in [-0.4, -0.2) is 10.9 Å². The maximum absolute atomic E-state index is 13.1. The van der Waals surface area contributed by atoms with E-state index in [0.29, 0.717) is 15.8 Å². The number of hydrogen-bond acceptors (Lipinski definition) is 4. The Kier molecular flexibility index (Phi) is 4.24. The Hall–Kier alpha value is -2.71. The summed E-state index contributed by atoms with van der Waals surface area (Å²) < 4.78 is 39.3. The quantitative estimate of drug-likeness (QED) is 0.468. The van der Waals surface area contributed by atoms with Gasteiger partial charge < -0.3 is 5.73 Å². The number of benzene rings is 1. The van der Waals surface area contributed by atoms with Crippen molar-refractivity contribution in [3.63, 3.8) is 0 Å². The van der Waals surface area contributed by atoms with E-state index in [9.17, 15) is 18.0 Å². The van der Waals surface area contributed by atoms with Gasteiger partial charge >= 0.3 is 6.18 Å². The monoisotopic (exact) mass is 404 g/mol. The molecule has 0 spiro atoms. The van der Waals surface area contributed by atoms with Crippen LogP contribution >= 0.6 is 22.7 Å². The SMILES string of the molecule is NC(=O)c1sc2nc(-c3cccs3)ccc2c1-c1cccc(C(F)(F)F)c1. The van der Waals surface area contributed by atoms with Crippen molar-refractivity contribution in [3.05, 3.63) is 64.4 Å². The number of nitrogens with zero attached hydrogens (tertiary/aromatic N) is 1. The molecule has 0 bridgehead atoms. The van der Waals surface area contributed by atoms with E-state index >= 15 is 0 Å². The molecule has 136 valence electrons. The molecular weight excluding hydrogens is 393 g/mol. The van der Waals surface area contributed by atoms with Gasteiger partial charge in [0.1, 0.15) is 9.71 Å². The molecule has 3 heterocycles. The molecule has 0 aliphatic carbocycles. The number of nitrogens with two attached hydrogens (primary N) is 1. The zero-order chi connectivity index (χ0) is 19.2.